The van der Waals surface area contributed by atoms with E-state index in [0.717, 1.165) is 36.0 Å². The molecular formula is C12H12N4S. The van der Waals surface area contributed by atoms with Gasteiger partial charge in [-0.2, -0.15) is 5.26 Å². The molecule has 5 heteroatoms. The van der Waals surface area contributed by atoms with Crippen LogP contribution in [0.1, 0.15) is 11.1 Å². The highest BCUT2D eigenvalue weighted by molar-refractivity contribution is 8.17. The summed E-state index contributed by atoms with van der Waals surface area (Å²) < 4.78 is 0. The Morgan fingerprint density at radius 1 is 1.47 bits per heavy atom. The van der Waals surface area contributed by atoms with E-state index in [2.05, 4.69) is 17.5 Å². The van der Waals surface area contributed by atoms with Crippen LogP contribution < -0.4 is 11.1 Å². The second kappa shape index (κ2) is 4.93. The molecule has 4 nitrogen and oxygen atoms in total. The van der Waals surface area contributed by atoms with E-state index in [-0.39, 0.29) is 5.17 Å². The van der Waals surface area contributed by atoms with Crippen LogP contribution in [0.25, 0.3) is 5.70 Å². The number of benzene rings is 1. The predicted octanol–water partition coefficient (Wildman–Crippen LogP) is 1.65. The van der Waals surface area contributed by atoms with Gasteiger partial charge in [-0.1, -0.05) is 24.3 Å². The molecule has 1 aromatic carbocycles. The van der Waals surface area contributed by atoms with E-state index in [1.165, 1.54) is 5.56 Å². The first-order valence-corrected chi connectivity index (χ1v) is 6.02. The molecule has 0 atom stereocenters. The molecule has 1 aliphatic heterocycles. The minimum Gasteiger partial charge on any atom is -0.383 e. The Bertz CT molecular complexity index is 528. The van der Waals surface area contributed by atoms with Crippen molar-refractivity contribution in [3.05, 3.63) is 40.3 Å². The molecule has 0 bridgehead atoms. The molecular weight excluding hydrogens is 232 g/mol. The lowest BCUT2D eigenvalue weighted by atomic mass is 9.98. The van der Waals surface area contributed by atoms with Gasteiger partial charge in [0.05, 0.1) is 5.70 Å². The van der Waals surface area contributed by atoms with E-state index < -0.39 is 0 Å². The number of thioether (sulfide) groups is 1. The van der Waals surface area contributed by atoms with Crippen molar-refractivity contribution in [2.75, 3.05) is 6.54 Å². The number of amidine groups is 1. The number of nitriles is 1. The number of rotatable bonds is 1. The Labute approximate surface area is 104 Å². The molecule has 17 heavy (non-hydrogen) atoms. The molecule has 1 aliphatic rings. The van der Waals surface area contributed by atoms with E-state index in [1.807, 2.05) is 18.2 Å². The quantitative estimate of drug-likeness (QED) is 0.398. The largest absolute Gasteiger partial charge is 0.383 e. The number of nitrogens with zero attached hydrogens (tertiary/aromatic N) is 1. The summed E-state index contributed by atoms with van der Waals surface area (Å²) >= 11 is 0.987. The molecule has 1 aromatic rings. The minimum absolute atomic E-state index is 0.0705. The third-order valence-corrected chi connectivity index (χ3v) is 3.24. The Balaban J connectivity index is 2.50. The first-order chi connectivity index (χ1) is 8.22. The summed E-state index contributed by atoms with van der Waals surface area (Å²) in [4.78, 5) is 0.449. The molecule has 4 N–H and O–H groups in total. The number of nitrogens with two attached hydrogens (primary N) is 1. The summed E-state index contributed by atoms with van der Waals surface area (Å²) in [6, 6.07) is 10.1. The molecule has 0 amide bonds. The zero-order chi connectivity index (χ0) is 12.3. The summed E-state index contributed by atoms with van der Waals surface area (Å²) in [6.45, 7) is 0.802. The number of nitrogens with one attached hydrogen (secondary N) is 2. The molecule has 1 heterocycles. The molecule has 2 rings (SSSR count). The fraction of sp³-hybridized carbons (Fsp3) is 0.167. The van der Waals surface area contributed by atoms with Crippen LogP contribution in [0.3, 0.4) is 0 Å². The van der Waals surface area contributed by atoms with Crippen LogP contribution in [-0.2, 0) is 6.42 Å². The Kier molecular flexibility index (Phi) is 3.35. The van der Waals surface area contributed by atoms with Crippen LogP contribution in [0.4, 0.5) is 0 Å². The zero-order valence-corrected chi connectivity index (χ0v) is 9.97. The van der Waals surface area contributed by atoms with Crippen molar-refractivity contribution < 1.29 is 0 Å². The average Bonchev–Trinajstić information content (AvgIpc) is 2.35. The molecule has 0 spiro atoms. The van der Waals surface area contributed by atoms with E-state index in [4.69, 9.17) is 16.4 Å². The van der Waals surface area contributed by atoms with E-state index in [1.54, 1.807) is 0 Å². The van der Waals surface area contributed by atoms with Crippen LogP contribution in [-0.4, -0.2) is 11.7 Å². The topological polar surface area (TPSA) is 85.7 Å². The molecule has 0 saturated heterocycles. The van der Waals surface area contributed by atoms with Gasteiger partial charge in [0.2, 0.25) is 0 Å². The molecule has 0 unspecified atom stereocenters. The van der Waals surface area contributed by atoms with Crippen molar-refractivity contribution in [2.45, 2.75) is 6.42 Å². The Morgan fingerprint density at radius 3 is 2.94 bits per heavy atom. The lowest BCUT2D eigenvalue weighted by molar-refractivity contribution is 0.814. The number of hydrogen-bond donors (Lipinski definition) is 3. The fourth-order valence-corrected chi connectivity index (χ4v) is 2.39. The first-order valence-electron chi connectivity index (χ1n) is 5.20. The van der Waals surface area contributed by atoms with Gasteiger partial charge < -0.3 is 11.1 Å². The van der Waals surface area contributed by atoms with Crippen molar-refractivity contribution >= 4 is 22.6 Å². The lowest BCUT2D eigenvalue weighted by Gasteiger charge is -2.21. The Morgan fingerprint density at radius 2 is 2.24 bits per heavy atom. The number of allylic oxidation sites excluding steroid dienone is 1. The highest BCUT2D eigenvalue weighted by atomic mass is 32.2. The SMILES string of the molecule is N#CC(SC(=N)N)=C1NCCc2ccccc21. The van der Waals surface area contributed by atoms with Gasteiger partial charge in [0.25, 0.3) is 0 Å². The van der Waals surface area contributed by atoms with Gasteiger partial charge >= 0.3 is 0 Å². The molecule has 0 aliphatic carbocycles. The second-order valence-electron chi connectivity index (χ2n) is 3.62. The maximum Gasteiger partial charge on any atom is 0.156 e. The smallest absolute Gasteiger partial charge is 0.156 e. The van der Waals surface area contributed by atoms with Gasteiger partial charge in [-0.15, -0.1) is 0 Å². The van der Waals surface area contributed by atoms with Crippen molar-refractivity contribution in [3.8, 4) is 6.07 Å². The minimum atomic E-state index is -0.0705. The van der Waals surface area contributed by atoms with E-state index >= 15 is 0 Å². The number of hydrogen-bond acceptors (Lipinski definition) is 4. The van der Waals surface area contributed by atoms with Crippen LogP contribution >= 0.6 is 11.8 Å². The van der Waals surface area contributed by atoms with E-state index in [9.17, 15) is 0 Å². The van der Waals surface area contributed by atoms with Gasteiger partial charge in [0.15, 0.2) is 5.17 Å². The summed E-state index contributed by atoms with van der Waals surface area (Å²) in [5.74, 6) is 0. The number of fused-ring (bicyclic) bond motifs is 1. The predicted molar refractivity (Wildman–Crippen MR) is 70.2 cm³/mol. The highest BCUT2D eigenvalue weighted by Crippen LogP contribution is 2.29. The van der Waals surface area contributed by atoms with Crippen LogP contribution in [0, 0.1) is 16.7 Å². The van der Waals surface area contributed by atoms with Crippen molar-refractivity contribution in [2.24, 2.45) is 5.73 Å². The van der Waals surface area contributed by atoms with Crippen molar-refractivity contribution in [3.63, 3.8) is 0 Å². The van der Waals surface area contributed by atoms with Gasteiger partial charge in [-0.05, 0) is 23.7 Å². The van der Waals surface area contributed by atoms with Crippen LogP contribution in [0.2, 0.25) is 0 Å². The van der Waals surface area contributed by atoms with E-state index in [0.29, 0.717) is 4.91 Å². The Hall–Kier alpha value is -1.93. The van der Waals surface area contributed by atoms with Crippen LogP contribution in [0.15, 0.2) is 29.2 Å². The fourth-order valence-electron chi connectivity index (χ4n) is 1.84. The summed E-state index contributed by atoms with van der Waals surface area (Å²) in [7, 11) is 0. The third-order valence-electron chi connectivity index (χ3n) is 2.52. The summed E-state index contributed by atoms with van der Waals surface area (Å²) in [6.07, 6.45) is 0.948. The first kappa shape index (κ1) is 11.6. The third kappa shape index (κ3) is 2.43. The van der Waals surface area contributed by atoms with Gasteiger partial charge in [0.1, 0.15) is 11.0 Å². The van der Waals surface area contributed by atoms with Gasteiger partial charge in [0, 0.05) is 12.1 Å². The normalized spacial score (nSPS) is 16.4. The van der Waals surface area contributed by atoms with Crippen molar-refractivity contribution in [1.82, 2.24) is 5.32 Å². The molecule has 0 radical (unpaired) electrons. The summed E-state index contributed by atoms with van der Waals surface area (Å²) in [5.41, 5.74) is 8.37. The van der Waals surface area contributed by atoms with Crippen molar-refractivity contribution in [1.29, 1.82) is 10.7 Å². The lowest BCUT2D eigenvalue weighted by Crippen LogP contribution is -2.23. The second-order valence-corrected chi connectivity index (χ2v) is 4.67. The highest BCUT2D eigenvalue weighted by Gasteiger charge is 2.17. The summed E-state index contributed by atoms with van der Waals surface area (Å²) in [5, 5.41) is 19.5. The maximum atomic E-state index is 9.13. The van der Waals surface area contributed by atoms with Crippen LogP contribution in [0.5, 0.6) is 0 Å². The monoisotopic (exact) mass is 244 g/mol. The van der Waals surface area contributed by atoms with Gasteiger partial charge in [-0.3, -0.25) is 5.41 Å². The molecule has 0 saturated carbocycles. The van der Waals surface area contributed by atoms with Gasteiger partial charge in [-0.25, -0.2) is 0 Å². The zero-order valence-electron chi connectivity index (χ0n) is 9.16. The molecule has 0 aromatic heterocycles. The standard InChI is InChI=1S/C12H12N4S/c13-7-10(17-12(14)15)11-9-4-2-1-3-8(9)5-6-16-11/h1-4,16H,5-6H2,(H3,14,15). The average molecular weight is 244 g/mol. The maximum absolute atomic E-state index is 9.13. The molecule has 0 fully saturated rings. The molecule has 86 valence electrons.